The van der Waals surface area contributed by atoms with Gasteiger partial charge in [-0.05, 0) is 50.1 Å². The molecular formula is C17H27NO5S2. The Hall–Kier alpha value is -1.12. The van der Waals surface area contributed by atoms with E-state index in [-0.39, 0.29) is 16.4 Å². The molecule has 142 valence electrons. The Morgan fingerprint density at radius 3 is 2.48 bits per heavy atom. The van der Waals surface area contributed by atoms with Crippen LogP contribution in [-0.2, 0) is 19.7 Å². The molecule has 1 aromatic carbocycles. The molecule has 0 aliphatic carbocycles. The molecule has 1 aliphatic rings. The number of rotatable bonds is 7. The van der Waals surface area contributed by atoms with Gasteiger partial charge in [0.15, 0.2) is 19.7 Å². The van der Waals surface area contributed by atoms with Gasteiger partial charge in [-0.2, -0.15) is 0 Å². The highest BCUT2D eigenvalue weighted by molar-refractivity contribution is 7.96. The summed E-state index contributed by atoms with van der Waals surface area (Å²) in [6, 6.07) is 2.70. The van der Waals surface area contributed by atoms with Gasteiger partial charge in [0.1, 0.15) is 5.75 Å². The maximum absolute atomic E-state index is 13.2. The van der Waals surface area contributed by atoms with Gasteiger partial charge in [0, 0.05) is 6.04 Å². The molecule has 1 aromatic rings. The Labute approximate surface area is 150 Å². The molecule has 0 bridgehead atoms. The SMILES string of the molecule is CCCCN[C@H]1CS(=O)(=O)C[C@@H]1S(=O)(=O)c1cc(C)c(OC)cc1C. The van der Waals surface area contributed by atoms with E-state index in [1.165, 1.54) is 7.11 Å². The second kappa shape index (κ2) is 7.63. The lowest BCUT2D eigenvalue weighted by Gasteiger charge is -2.21. The fourth-order valence-electron chi connectivity index (χ4n) is 3.23. The number of aryl methyl sites for hydroxylation is 2. The van der Waals surface area contributed by atoms with Gasteiger partial charge in [-0.25, -0.2) is 16.8 Å². The van der Waals surface area contributed by atoms with Gasteiger partial charge in [0.2, 0.25) is 0 Å². The predicted molar refractivity (Wildman–Crippen MR) is 98.8 cm³/mol. The monoisotopic (exact) mass is 389 g/mol. The van der Waals surface area contributed by atoms with Crippen LogP contribution in [0.3, 0.4) is 0 Å². The summed E-state index contributed by atoms with van der Waals surface area (Å²) in [5, 5.41) is 2.18. The first-order valence-electron chi connectivity index (χ1n) is 8.45. The lowest BCUT2D eigenvalue weighted by atomic mass is 10.1. The molecular weight excluding hydrogens is 362 g/mol. The van der Waals surface area contributed by atoms with Crippen molar-refractivity contribution in [3.63, 3.8) is 0 Å². The Morgan fingerprint density at radius 2 is 1.88 bits per heavy atom. The van der Waals surface area contributed by atoms with Gasteiger partial charge in [-0.15, -0.1) is 0 Å². The fraction of sp³-hybridized carbons (Fsp3) is 0.647. The first-order chi connectivity index (χ1) is 11.6. The van der Waals surface area contributed by atoms with E-state index >= 15 is 0 Å². The van der Waals surface area contributed by atoms with Crippen LogP contribution in [0.5, 0.6) is 5.75 Å². The number of methoxy groups -OCH3 is 1. The molecule has 25 heavy (non-hydrogen) atoms. The summed E-state index contributed by atoms with van der Waals surface area (Å²) < 4.78 is 55.8. The largest absolute Gasteiger partial charge is 0.496 e. The molecule has 0 amide bonds. The molecule has 2 rings (SSSR count). The Balaban J connectivity index is 2.41. The average molecular weight is 390 g/mol. The van der Waals surface area contributed by atoms with Crippen molar-refractivity contribution in [2.24, 2.45) is 0 Å². The third kappa shape index (κ3) is 4.35. The third-order valence-corrected chi connectivity index (χ3v) is 8.93. The van der Waals surface area contributed by atoms with Crippen molar-refractivity contribution in [2.75, 3.05) is 25.2 Å². The van der Waals surface area contributed by atoms with Gasteiger partial charge < -0.3 is 10.1 Å². The minimum Gasteiger partial charge on any atom is -0.496 e. The van der Waals surface area contributed by atoms with Crippen molar-refractivity contribution in [1.82, 2.24) is 5.32 Å². The highest BCUT2D eigenvalue weighted by Gasteiger charge is 2.46. The first kappa shape index (κ1) is 20.2. The number of benzene rings is 1. The topological polar surface area (TPSA) is 89.5 Å². The van der Waals surface area contributed by atoms with Crippen molar-refractivity contribution in [3.8, 4) is 5.75 Å². The summed E-state index contributed by atoms with van der Waals surface area (Å²) in [6.45, 7) is 6.13. The van der Waals surface area contributed by atoms with E-state index in [1.807, 2.05) is 6.92 Å². The number of sulfone groups is 2. The first-order valence-corrected chi connectivity index (χ1v) is 11.8. The van der Waals surface area contributed by atoms with Crippen LogP contribution in [-0.4, -0.2) is 53.3 Å². The molecule has 2 atom stereocenters. The van der Waals surface area contributed by atoms with Crippen molar-refractivity contribution in [1.29, 1.82) is 0 Å². The minimum absolute atomic E-state index is 0.130. The lowest BCUT2D eigenvalue weighted by Crippen LogP contribution is -2.43. The van der Waals surface area contributed by atoms with Gasteiger partial charge in [0.05, 0.1) is 28.8 Å². The summed E-state index contributed by atoms with van der Waals surface area (Å²) in [4.78, 5) is 0.190. The molecule has 0 aromatic heterocycles. The standard InChI is InChI=1S/C17H27NO5S2/c1-5-6-7-18-14-10-24(19,20)11-17(14)25(21,22)16-9-12(2)15(23-4)8-13(16)3/h8-9,14,17-18H,5-7,10-11H2,1-4H3/t14-,17-/m0/s1. The van der Waals surface area contributed by atoms with Crippen molar-refractivity contribution in [3.05, 3.63) is 23.3 Å². The zero-order valence-corrected chi connectivity index (χ0v) is 16.8. The number of hydrogen-bond acceptors (Lipinski definition) is 6. The number of unbranched alkanes of at least 4 members (excludes halogenated alkanes) is 1. The minimum atomic E-state index is -3.77. The average Bonchev–Trinajstić information content (AvgIpc) is 2.85. The van der Waals surface area contributed by atoms with E-state index in [2.05, 4.69) is 5.32 Å². The lowest BCUT2D eigenvalue weighted by molar-refractivity contribution is 0.411. The van der Waals surface area contributed by atoms with Crippen molar-refractivity contribution in [2.45, 2.75) is 49.8 Å². The van der Waals surface area contributed by atoms with Crippen LogP contribution >= 0.6 is 0 Å². The molecule has 1 aliphatic heterocycles. The summed E-state index contributed by atoms with van der Waals surface area (Å²) in [7, 11) is -5.61. The summed E-state index contributed by atoms with van der Waals surface area (Å²) >= 11 is 0. The molecule has 0 saturated carbocycles. The Bertz CT molecular complexity index is 831. The summed E-state index contributed by atoms with van der Waals surface area (Å²) in [5.41, 5.74) is 1.28. The van der Waals surface area contributed by atoms with E-state index in [9.17, 15) is 16.8 Å². The normalized spacial score (nSPS) is 22.9. The van der Waals surface area contributed by atoms with Gasteiger partial charge >= 0.3 is 0 Å². The summed E-state index contributed by atoms with van der Waals surface area (Å²) in [6.07, 6.45) is 1.84. The fourth-order valence-corrected chi connectivity index (χ4v) is 8.26. The molecule has 1 heterocycles. The second-order valence-electron chi connectivity index (χ2n) is 6.66. The quantitative estimate of drug-likeness (QED) is 0.713. The van der Waals surface area contributed by atoms with Crippen molar-refractivity contribution < 1.29 is 21.6 Å². The van der Waals surface area contributed by atoms with Crippen LogP contribution in [0.25, 0.3) is 0 Å². The van der Waals surface area contributed by atoms with Crippen LogP contribution in [0, 0.1) is 13.8 Å². The van der Waals surface area contributed by atoms with Crippen LogP contribution < -0.4 is 10.1 Å². The Morgan fingerprint density at radius 1 is 1.20 bits per heavy atom. The smallest absolute Gasteiger partial charge is 0.184 e. The number of ether oxygens (including phenoxy) is 1. The van der Waals surface area contributed by atoms with E-state index < -0.39 is 31.0 Å². The number of hydrogen-bond donors (Lipinski definition) is 1. The van der Waals surface area contributed by atoms with E-state index in [0.717, 1.165) is 12.8 Å². The van der Waals surface area contributed by atoms with Gasteiger partial charge in [0.25, 0.3) is 0 Å². The molecule has 0 unspecified atom stereocenters. The van der Waals surface area contributed by atoms with Crippen LogP contribution in [0.4, 0.5) is 0 Å². The molecule has 0 spiro atoms. The maximum atomic E-state index is 13.2. The van der Waals surface area contributed by atoms with Crippen LogP contribution in [0.2, 0.25) is 0 Å². The number of nitrogens with one attached hydrogen (secondary N) is 1. The zero-order valence-electron chi connectivity index (χ0n) is 15.2. The predicted octanol–water partition coefficient (Wildman–Crippen LogP) is 1.64. The maximum Gasteiger partial charge on any atom is 0.184 e. The molecule has 6 nitrogen and oxygen atoms in total. The van der Waals surface area contributed by atoms with E-state index in [0.29, 0.717) is 23.4 Å². The highest BCUT2D eigenvalue weighted by atomic mass is 32.2. The molecule has 8 heteroatoms. The van der Waals surface area contributed by atoms with Gasteiger partial charge in [-0.1, -0.05) is 13.3 Å². The van der Waals surface area contributed by atoms with Gasteiger partial charge in [-0.3, -0.25) is 0 Å². The van der Waals surface area contributed by atoms with Crippen molar-refractivity contribution >= 4 is 19.7 Å². The highest BCUT2D eigenvalue weighted by Crippen LogP contribution is 2.31. The van der Waals surface area contributed by atoms with E-state index in [1.54, 1.807) is 26.0 Å². The molecule has 1 N–H and O–H groups in total. The molecule has 0 radical (unpaired) electrons. The summed E-state index contributed by atoms with van der Waals surface area (Å²) in [5.74, 6) is 0.159. The van der Waals surface area contributed by atoms with Crippen LogP contribution in [0.15, 0.2) is 17.0 Å². The zero-order chi connectivity index (χ0) is 18.8. The molecule has 1 saturated heterocycles. The molecule has 1 fully saturated rings. The van der Waals surface area contributed by atoms with E-state index in [4.69, 9.17) is 4.74 Å². The Kier molecular flexibility index (Phi) is 6.17. The van der Waals surface area contributed by atoms with Crippen LogP contribution in [0.1, 0.15) is 30.9 Å². The third-order valence-electron chi connectivity index (χ3n) is 4.63. The second-order valence-corrected chi connectivity index (χ2v) is 11.0.